The third kappa shape index (κ3) is 3.57. The molecule has 1 aromatic rings. The van der Waals surface area contributed by atoms with Gasteiger partial charge in [-0.2, -0.15) is 0 Å². The number of halogens is 2. The fourth-order valence-electron chi connectivity index (χ4n) is 5.41. The van der Waals surface area contributed by atoms with Gasteiger partial charge in [0.1, 0.15) is 0 Å². The zero-order chi connectivity index (χ0) is 19.8. The molecule has 0 aromatic heterocycles. The summed E-state index contributed by atoms with van der Waals surface area (Å²) < 4.78 is 27.9. The van der Waals surface area contributed by atoms with Gasteiger partial charge in [-0.1, -0.05) is 30.3 Å². The minimum atomic E-state index is -2.81. The second kappa shape index (κ2) is 7.38. The number of aliphatic hydroxyl groups is 1. The maximum absolute atomic E-state index is 13.9. The van der Waals surface area contributed by atoms with Crippen molar-refractivity contribution in [1.82, 2.24) is 10.2 Å². The van der Waals surface area contributed by atoms with Gasteiger partial charge >= 0.3 is 0 Å². The van der Waals surface area contributed by atoms with Crippen LogP contribution in [-0.4, -0.2) is 48.0 Å². The van der Waals surface area contributed by atoms with E-state index >= 15 is 0 Å². The van der Waals surface area contributed by atoms with E-state index < -0.39 is 29.8 Å². The van der Waals surface area contributed by atoms with Crippen LogP contribution in [0.2, 0.25) is 0 Å². The predicted octanol–water partition coefficient (Wildman–Crippen LogP) is 3.30. The number of alkyl halides is 2. The number of amides is 1. The highest BCUT2D eigenvalue weighted by Gasteiger charge is 2.55. The first-order valence-corrected chi connectivity index (χ1v) is 10.5. The normalized spacial score (nSPS) is 28.8. The molecule has 3 aliphatic rings. The van der Waals surface area contributed by atoms with Crippen molar-refractivity contribution < 1.29 is 18.7 Å². The smallest absolute Gasteiger partial charge is 0.259 e. The Kier molecular flexibility index (Phi) is 5.21. The molecule has 1 spiro atoms. The number of hydrogen-bond acceptors (Lipinski definition) is 3. The zero-order valence-electron chi connectivity index (χ0n) is 16.3. The fraction of sp³-hybridized carbons (Fsp3) is 0.682. The molecule has 1 aliphatic carbocycles. The molecule has 1 amide bonds. The second-order valence-electron chi connectivity index (χ2n) is 9.00. The number of likely N-dealkylation sites (tertiary alicyclic amines) is 1. The standard InChI is InChI=1S/C22H30F2N2O2/c23-21(24)9-7-18(15-21)22(28,17-5-2-1-3-6-17)19(27)26-13-10-20(11-14-26)8-4-12-25-16-20/h1-3,5-6,18,25,28H,4,7-16H2. The van der Waals surface area contributed by atoms with E-state index in [1.807, 2.05) is 0 Å². The lowest BCUT2D eigenvalue weighted by Gasteiger charge is -2.46. The van der Waals surface area contributed by atoms with Gasteiger partial charge in [-0.3, -0.25) is 4.79 Å². The lowest BCUT2D eigenvalue weighted by atomic mass is 9.72. The molecular formula is C22H30F2N2O2. The van der Waals surface area contributed by atoms with Crippen LogP contribution >= 0.6 is 0 Å². The van der Waals surface area contributed by atoms with Crippen molar-refractivity contribution in [3.8, 4) is 0 Å². The van der Waals surface area contributed by atoms with Crippen molar-refractivity contribution in [2.45, 2.75) is 56.5 Å². The molecule has 0 bridgehead atoms. The molecule has 6 heteroatoms. The third-order valence-corrected chi connectivity index (χ3v) is 7.21. The molecule has 2 aliphatic heterocycles. The van der Waals surface area contributed by atoms with Gasteiger partial charge in [0, 0.05) is 38.4 Å². The van der Waals surface area contributed by atoms with Crippen molar-refractivity contribution in [3.05, 3.63) is 35.9 Å². The summed E-state index contributed by atoms with van der Waals surface area (Å²) in [5.41, 5.74) is -1.21. The molecule has 2 atom stereocenters. The summed E-state index contributed by atoms with van der Waals surface area (Å²) in [6.45, 7) is 3.19. The Morgan fingerprint density at radius 1 is 1.14 bits per heavy atom. The summed E-state index contributed by atoms with van der Waals surface area (Å²) in [5.74, 6) is -3.97. The number of benzene rings is 1. The van der Waals surface area contributed by atoms with Crippen LogP contribution in [0, 0.1) is 11.3 Å². The number of hydrogen-bond donors (Lipinski definition) is 2. The van der Waals surface area contributed by atoms with E-state index in [1.165, 1.54) is 6.42 Å². The molecule has 3 fully saturated rings. The van der Waals surface area contributed by atoms with Crippen molar-refractivity contribution in [1.29, 1.82) is 0 Å². The van der Waals surface area contributed by atoms with E-state index in [4.69, 9.17) is 0 Å². The van der Waals surface area contributed by atoms with E-state index in [0.717, 1.165) is 32.4 Å². The molecule has 2 heterocycles. The van der Waals surface area contributed by atoms with Gasteiger partial charge in [-0.25, -0.2) is 8.78 Å². The van der Waals surface area contributed by atoms with Crippen LogP contribution in [0.4, 0.5) is 8.78 Å². The largest absolute Gasteiger partial charge is 0.375 e. The number of rotatable bonds is 3. The fourth-order valence-corrected chi connectivity index (χ4v) is 5.41. The first-order valence-electron chi connectivity index (χ1n) is 10.5. The minimum absolute atomic E-state index is 0.159. The third-order valence-electron chi connectivity index (χ3n) is 7.21. The first-order chi connectivity index (χ1) is 13.3. The van der Waals surface area contributed by atoms with Gasteiger partial charge in [0.05, 0.1) is 0 Å². The molecule has 4 rings (SSSR count). The van der Waals surface area contributed by atoms with Gasteiger partial charge in [-0.15, -0.1) is 0 Å². The summed E-state index contributed by atoms with van der Waals surface area (Å²) in [6, 6.07) is 8.67. The van der Waals surface area contributed by atoms with Crippen LogP contribution in [0.25, 0.3) is 0 Å². The van der Waals surface area contributed by atoms with E-state index in [2.05, 4.69) is 5.32 Å². The predicted molar refractivity (Wildman–Crippen MR) is 103 cm³/mol. The highest BCUT2D eigenvalue weighted by Crippen LogP contribution is 2.48. The second-order valence-corrected chi connectivity index (χ2v) is 9.00. The minimum Gasteiger partial charge on any atom is -0.375 e. The summed E-state index contributed by atoms with van der Waals surface area (Å²) in [6.07, 6.45) is 3.57. The van der Waals surface area contributed by atoms with Crippen molar-refractivity contribution >= 4 is 5.91 Å². The van der Waals surface area contributed by atoms with Crippen LogP contribution in [0.5, 0.6) is 0 Å². The molecule has 2 unspecified atom stereocenters. The zero-order valence-corrected chi connectivity index (χ0v) is 16.3. The number of carbonyl (C=O) groups excluding carboxylic acids is 1. The van der Waals surface area contributed by atoms with Gasteiger partial charge in [0.25, 0.3) is 5.91 Å². The Hall–Kier alpha value is -1.53. The first kappa shape index (κ1) is 19.8. The van der Waals surface area contributed by atoms with E-state index in [1.54, 1.807) is 35.2 Å². The van der Waals surface area contributed by atoms with Crippen molar-refractivity contribution in [2.24, 2.45) is 11.3 Å². The van der Waals surface area contributed by atoms with E-state index in [-0.39, 0.29) is 18.3 Å². The van der Waals surface area contributed by atoms with Crippen molar-refractivity contribution in [2.75, 3.05) is 26.2 Å². The molecule has 2 saturated heterocycles. The number of carbonyl (C=O) groups is 1. The Morgan fingerprint density at radius 3 is 2.43 bits per heavy atom. The van der Waals surface area contributed by atoms with Crippen LogP contribution in [0.15, 0.2) is 30.3 Å². The molecule has 28 heavy (non-hydrogen) atoms. The molecule has 1 saturated carbocycles. The Bertz CT molecular complexity index is 696. The molecule has 4 nitrogen and oxygen atoms in total. The van der Waals surface area contributed by atoms with Gasteiger partial charge < -0.3 is 15.3 Å². The SMILES string of the molecule is O=C(N1CCC2(CCCNC2)CC1)C(O)(c1ccccc1)C1CCC(F)(F)C1. The van der Waals surface area contributed by atoms with Gasteiger partial charge in [-0.05, 0) is 49.6 Å². The van der Waals surface area contributed by atoms with Crippen LogP contribution in [-0.2, 0) is 10.4 Å². The van der Waals surface area contributed by atoms with Gasteiger partial charge in [0.15, 0.2) is 5.60 Å². The summed E-state index contributed by atoms with van der Waals surface area (Å²) in [4.78, 5) is 15.2. The van der Waals surface area contributed by atoms with Crippen LogP contribution in [0.3, 0.4) is 0 Å². The molecule has 154 valence electrons. The van der Waals surface area contributed by atoms with E-state index in [9.17, 15) is 18.7 Å². The summed E-state index contributed by atoms with van der Waals surface area (Å²) in [7, 11) is 0. The van der Waals surface area contributed by atoms with Crippen LogP contribution < -0.4 is 5.32 Å². The highest BCUT2D eigenvalue weighted by atomic mass is 19.3. The summed E-state index contributed by atoms with van der Waals surface area (Å²) >= 11 is 0. The molecule has 0 radical (unpaired) electrons. The Balaban J connectivity index is 1.56. The maximum atomic E-state index is 13.9. The van der Waals surface area contributed by atoms with E-state index in [0.29, 0.717) is 18.7 Å². The summed E-state index contributed by atoms with van der Waals surface area (Å²) in [5, 5.41) is 15.1. The number of piperidine rings is 2. The molecule has 2 N–H and O–H groups in total. The van der Waals surface area contributed by atoms with Crippen molar-refractivity contribution in [3.63, 3.8) is 0 Å². The lowest BCUT2D eigenvalue weighted by Crippen LogP contribution is -2.56. The Morgan fingerprint density at radius 2 is 1.86 bits per heavy atom. The molecule has 1 aromatic carbocycles. The highest BCUT2D eigenvalue weighted by molar-refractivity contribution is 5.87. The average Bonchev–Trinajstić information content (AvgIpc) is 3.09. The quantitative estimate of drug-likeness (QED) is 0.830. The van der Waals surface area contributed by atoms with Gasteiger partial charge in [0.2, 0.25) is 5.92 Å². The molecular weight excluding hydrogens is 362 g/mol. The number of nitrogens with zero attached hydrogens (tertiary/aromatic N) is 1. The maximum Gasteiger partial charge on any atom is 0.259 e. The lowest BCUT2D eigenvalue weighted by molar-refractivity contribution is -0.163. The Labute approximate surface area is 165 Å². The van der Waals surface area contributed by atoms with Crippen LogP contribution in [0.1, 0.15) is 50.5 Å². The topological polar surface area (TPSA) is 52.6 Å². The monoisotopic (exact) mass is 392 g/mol. The number of nitrogens with one attached hydrogen (secondary N) is 1. The average molecular weight is 392 g/mol.